The number of aliphatic hydroxyl groups excluding tert-OH is 1. The van der Waals surface area contributed by atoms with Gasteiger partial charge in [-0.25, -0.2) is 0 Å². The standard InChI is InChI=1S/C20H19F3O2/c21-19(22,23)14-25-20(15-8-3-1-4-9-15,16-10-5-2-6-11-16)17-12-7-13-18(17)24/h1-6,8-12,18,24H,7,13-14H2/t18-/m1/s1/i7D,13D/t7-,13-,18+/m0. The van der Waals surface area contributed by atoms with Crippen molar-refractivity contribution < 1.29 is 25.8 Å². The third kappa shape index (κ3) is 3.62. The number of hydrogen-bond acceptors (Lipinski definition) is 2. The van der Waals surface area contributed by atoms with Gasteiger partial charge in [0.1, 0.15) is 12.2 Å². The molecule has 0 unspecified atom stereocenters. The number of aliphatic hydroxyl groups is 1. The number of allylic oxidation sites excluding steroid dienone is 1. The average Bonchev–Trinajstić information content (AvgIpc) is 2.91. The summed E-state index contributed by atoms with van der Waals surface area (Å²) in [5.74, 6) is 0. The van der Waals surface area contributed by atoms with Gasteiger partial charge in [0.15, 0.2) is 0 Å². The fraction of sp³-hybridized carbons (Fsp3) is 0.300. The molecule has 2 aromatic carbocycles. The second kappa shape index (κ2) is 7.02. The topological polar surface area (TPSA) is 29.5 Å². The van der Waals surface area contributed by atoms with E-state index < -0.39 is 37.3 Å². The van der Waals surface area contributed by atoms with E-state index in [0.29, 0.717) is 11.1 Å². The first-order chi connectivity index (χ1) is 12.8. The third-order valence-electron chi connectivity index (χ3n) is 4.11. The molecule has 0 saturated carbocycles. The van der Waals surface area contributed by atoms with Crippen molar-refractivity contribution >= 4 is 0 Å². The average molecular weight is 350 g/mol. The number of hydrogen-bond donors (Lipinski definition) is 1. The van der Waals surface area contributed by atoms with E-state index in [4.69, 9.17) is 7.48 Å². The maximum Gasteiger partial charge on any atom is 0.411 e. The molecule has 1 aliphatic rings. The van der Waals surface area contributed by atoms with Crippen LogP contribution in [0.3, 0.4) is 0 Å². The molecule has 3 rings (SSSR count). The lowest BCUT2D eigenvalue weighted by Crippen LogP contribution is -2.40. The van der Waals surface area contributed by atoms with Crippen LogP contribution >= 0.6 is 0 Å². The largest absolute Gasteiger partial charge is 0.411 e. The first-order valence-corrected chi connectivity index (χ1v) is 7.82. The van der Waals surface area contributed by atoms with Gasteiger partial charge in [0.2, 0.25) is 0 Å². The minimum atomic E-state index is -4.58. The maximum absolute atomic E-state index is 13.1. The summed E-state index contributed by atoms with van der Waals surface area (Å²) in [5.41, 5.74) is -0.865. The van der Waals surface area contributed by atoms with Crippen LogP contribution < -0.4 is 0 Å². The van der Waals surface area contributed by atoms with Gasteiger partial charge >= 0.3 is 6.18 Å². The number of benzene rings is 2. The normalized spacial score (nSPS) is 25.3. The zero-order valence-electron chi connectivity index (χ0n) is 15.3. The smallest absolute Gasteiger partial charge is 0.389 e. The molecule has 0 spiro atoms. The van der Waals surface area contributed by atoms with Crippen LogP contribution in [-0.2, 0) is 10.3 Å². The van der Waals surface area contributed by atoms with Crippen molar-refractivity contribution in [3.8, 4) is 0 Å². The fourth-order valence-electron chi connectivity index (χ4n) is 3.08. The molecular formula is C20H19F3O2. The second-order valence-electron chi connectivity index (χ2n) is 5.77. The van der Waals surface area contributed by atoms with Gasteiger partial charge in [-0.15, -0.1) is 0 Å². The van der Waals surface area contributed by atoms with Crippen LogP contribution in [0.1, 0.15) is 26.7 Å². The third-order valence-corrected chi connectivity index (χ3v) is 4.11. The highest BCUT2D eigenvalue weighted by atomic mass is 19.4. The molecule has 0 aliphatic heterocycles. The van der Waals surface area contributed by atoms with Gasteiger partial charge in [-0.1, -0.05) is 66.7 Å². The minimum Gasteiger partial charge on any atom is -0.389 e. The first-order valence-electron chi connectivity index (χ1n) is 8.97. The summed E-state index contributed by atoms with van der Waals surface area (Å²) in [6, 6.07) is 16.6. The van der Waals surface area contributed by atoms with Gasteiger partial charge in [0, 0.05) is 2.74 Å². The molecule has 25 heavy (non-hydrogen) atoms. The predicted octanol–water partition coefficient (Wildman–Crippen LogP) is 4.59. The summed E-state index contributed by atoms with van der Waals surface area (Å²) in [6.45, 7) is -1.54. The molecule has 0 aromatic heterocycles. The molecule has 5 heteroatoms. The van der Waals surface area contributed by atoms with E-state index in [1.165, 1.54) is 6.08 Å². The SMILES string of the molecule is [2H][C@H]1[C@@H]([2H])C=C(C(OCC(F)(F)F)(c2ccccc2)c2ccccc2)[C@@H]1O. The Hall–Kier alpha value is -2.11. The molecule has 1 N–H and O–H groups in total. The summed E-state index contributed by atoms with van der Waals surface area (Å²) in [4.78, 5) is 0. The van der Waals surface area contributed by atoms with E-state index in [0.717, 1.165) is 0 Å². The summed E-state index contributed by atoms with van der Waals surface area (Å²) < 4.78 is 60.6. The lowest BCUT2D eigenvalue weighted by molar-refractivity contribution is -0.196. The highest BCUT2D eigenvalue weighted by Gasteiger charge is 2.46. The molecule has 0 saturated heterocycles. The molecule has 0 fully saturated rings. The van der Waals surface area contributed by atoms with Gasteiger partial charge in [0.05, 0.1) is 6.10 Å². The maximum atomic E-state index is 13.1. The highest BCUT2D eigenvalue weighted by molar-refractivity contribution is 5.48. The Morgan fingerprint density at radius 1 is 1.00 bits per heavy atom. The van der Waals surface area contributed by atoms with Crippen LogP contribution in [0.25, 0.3) is 0 Å². The summed E-state index contributed by atoms with van der Waals surface area (Å²) in [6.07, 6.45) is -6.92. The first kappa shape index (κ1) is 15.2. The number of halogens is 3. The molecule has 0 amide bonds. The second-order valence-corrected chi connectivity index (χ2v) is 5.77. The van der Waals surface area contributed by atoms with Crippen LogP contribution in [0.5, 0.6) is 0 Å². The van der Waals surface area contributed by atoms with E-state index in [-0.39, 0.29) is 5.57 Å². The Kier molecular flexibility index (Phi) is 4.26. The minimum absolute atomic E-state index is 0.0872. The Morgan fingerprint density at radius 3 is 1.92 bits per heavy atom. The van der Waals surface area contributed by atoms with Crippen LogP contribution in [0.2, 0.25) is 0 Å². The summed E-state index contributed by atoms with van der Waals surface area (Å²) in [7, 11) is 0. The van der Waals surface area contributed by atoms with Crippen molar-refractivity contribution in [2.24, 2.45) is 0 Å². The number of alkyl halides is 3. The van der Waals surface area contributed by atoms with Crippen LogP contribution in [0, 0.1) is 0 Å². The van der Waals surface area contributed by atoms with E-state index >= 15 is 0 Å². The summed E-state index contributed by atoms with van der Waals surface area (Å²) in [5, 5.41) is 10.6. The van der Waals surface area contributed by atoms with Gasteiger partial charge < -0.3 is 9.84 Å². The zero-order chi connectivity index (χ0) is 19.7. The molecule has 0 bridgehead atoms. The zero-order valence-corrected chi connectivity index (χ0v) is 13.3. The Balaban J connectivity index is 2.24. The van der Waals surface area contributed by atoms with Crippen molar-refractivity contribution in [1.29, 1.82) is 0 Å². The molecule has 2 nitrogen and oxygen atoms in total. The van der Waals surface area contributed by atoms with Gasteiger partial charge in [-0.3, -0.25) is 0 Å². The molecular weight excluding hydrogens is 329 g/mol. The molecule has 0 radical (unpaired) electrons. The number of ether oxygens (including phenoxy) is 1. The van der Waals surface area contributed by atoms with Crippen molar-refractivity contribution in [3.05, 3.63) is 83.4 Å². The van der Waals surface area contributed by atoms with E-state index in [9.17, 15) is 18.3 Å². The predicted molar refractivity (Wildman–Crippen MR) is 89.0 cm³/mol. The Labute approximate surface area is 147 Å². The van der Waals surface area contributed by atoms with Gasteiger partial charge in [0.25, 0.3) is 0 Å². The fourth-order valence-corrected chi connectivity index (χ4v) is 3.08. The van der Waals surface area contributed by atoms with Crippen molar-refractivity contribution in [2.75, 3.05) is 6.61 Å². The van der Waals surface area contributed by atoms with Crippen LogP contribution in [0.4, 0.5) is 13.2 Å². The monoisotopic (exact) mass is 350 g/mol. The quantitative estimate of drug-likeness (QED) is 0.799. The van der Waals surface area contributed by atoms with Crippen molar-refractivity contribution in [3.63, 3.8) is 0 Å². The summed E-state index contributed by atoms with van der Waals surface area (Å²) >= 11 is 0. The van der Waals surface area contributed by atoms with Crippen molar-refractivity contribution in [2.45, 2.75) is 30.7 Å². The Bertz CT molecular complexity index is 754. The molecule has 3 atom stereocenters. The van der Waals surface area contributed by atoms with E-state index in [1.54, 1.807) is 60.7 Å². The molecule has 0 heterocycles. The number of rotatable bonds is 5. The van der Waals surface area contributed by atoms with Gasteiger partial charge in [-0.2, -0.15) is 13.2 Å². The van der Waals surface area contributed by atoms with Gasteiger partial charge in [-0.05, 0) is 29.5 Å². The lowest BCUT2D eigenvalue weighted by Gasteiger charge is -2.38. The van der Waals surface area contributed by atoms with Crippen molar-refractivity contribution in [1.82, 2.24) is 0 Å². The molecule has 1 aliphatic carbocycles. The molecule has 2 aromatic rings. The van der Waals surface area contributed by atoms with E-state index in [2.05, 4.69) is 0 Å². The van der Waals surface area contributed by atoms with Crippen LogP contribution in [0.15, 0.2) is 72.3 Å². The molecule has 132 valence electrons. The lowest BCUT2D eigenvalue weighted by atomic mass is 9.78. The van der Waals surface area contributed by atoms with Crippen LogP contribution in [-0.4, -0.2) is 24.0 Å². The highest BCUT2D eigenvalue weighted by Crippen LogP contribution is 2.45. The van der Waals surface area contributed by atoms with E-state index in [1.807, 2.05) is 0 Å². The Morgan fingerprint density at radius 2 is 1.52 bits per heavy atom.